The third-order valence-electron chi connectivity index (χ3n) is 1.84. The SMILES string of the molecule is CNC(=O)C1CCOCC1.Cl. The Labute approximate surface area is 72.9 Å². The van der Waals surface area contributed by atoms with Crippen LogP contribution in [0.1, 0.15) is 12.8 Å². The molecule has 0 bridgehead atoms. The van der Waals surface area contributed by atoms with Crippen LogP contribution in [0.3, 0.4) is 0 Å². The summed E-state index contributed by atoms with van der Waals surface area (Å²) in [4.78, 5) is 11.0. The lowest BCUT2D eigenvalue weighted by Crippen LogP contribution is -2.31. The highest BCUT2D eigenvalue weighted by atomic mass is 35.5. The minimum atomic E-state index is 0. The number of carbonyl (C=O) groups is 1. The van der Waals surface area contributed by atoms with Crippen LogP contribution in [0.15, 0.2) is 0 Å². The number of halogens is 1. The van der Waals surface area contributed by atoms with Gasteiger partial charge in [0.1, 0.15) is 0 Å². The number of rotatable bonds is 1. The van der Waals surface area contributed by atoms with Crippen molar-refractivity contribution < 1.29 is 9.53 Å². The maximum absolute atomic E-state index is 11.0. The summed E-state index contributed by atoms with van der Waals surface area (Å²) in [7, 11) is 1.68. The van der Waals surface area contributed by atoms with E-state index in [1.165, 1.54) is 0 Å². The van der Waals surface area contributed by atoms with Crippen LogP contribution in [0.25, 0.3) is 0 Å². The van der Waals surface area contributed by atoms with Crippen molar-refractivity contribution in [3.8, 4) is 0 Å². The molecule has 0 aromatic rings. The molecule has 0 radical (unpaired) electrons. The molecule has 0 aromatic heterocycles. The molecule has 0 spiro atoms. The predicted octanol–water partition coefficient (Wildman–Crippen LogP) is 0.581. The van der Waals surface area contributed by atoms with Crippen LogP contribution in [0.5, 0.6) is 0 Å². The number of nitrogens with one attached hydrogen (secondary N) is 1. The topological polar surface area (TPSA) is 38.3 Å². The zero-order chi connectivity index (χ0) is 7.40. The molecule has 1 aliphatic heterocycles. The van der Waals surface area contributed by atoms with Gasteiger partial charge in [-0.05, 0) is 12.8 Å². The molecule has 1 fully saturated rings. The van der Waals surface area contributed by atoms with Gasteiger partial charge in [-0.3, -0.25) is 4.79 Å². The van der Waals surface area contributed by atoms with Crippen molar-refractivity contribution in [2.45, 2.75) is 12.8 Å². The van der Waals surface area contributed by atoms with Crippen molar-refractivity contribution in [3.63, 3.8) is 0 Å². The molecule has 66 valence electrons. The number of ether oxygens (including phenoxy) is 1. The Balaban J connectivity index is 0.000001000. The van der Waals surface area contributed by atoms with E-state index < -0.39 is 0 Å². The standard InChI is InChI=1S/C7H13NO2.ClH/c1-8-7(9)6-2-4-10-5-3-6;/h6H,2-5H2,1H3,(H,8,9);1H. The van der Waals surface area contributed by atoms with E-state index in [9.17, 15) is 4.79 Å². The maximum Gasteiger partial charge on any atom is 0.223 e. The van der Waals surface area contributed by atoms with Gasteiger partial charge in [-0.2, -0.15) is 0 Å². The molecular weight excluding hydrogens is 166 g/mol. The number of carbonyl (C=O) groups excluding carboxylic acids is 1. The van der Waals surface area contributed by atoms with Gasteiger partial charge in [0.25, 0.3) is 0 Å². The summed E-state index contributed by atoms with van der Waals surface area (Å²) < 4.78 is 5.11. The van der Waals surface area contributed by atoms with Crippen LogP contribution in [0.4, 0.5) is 0 Å². The van der Waals surface area contributed by atoms with Crippen LogP contribution in [-0.2, 0) is 9.53 Å². The monoisotopic (exact) mass is 179 g/mol. The quantitative estimate of drug-likeness (QED) is 0.640. The van der Waals surface area contributed by atoms with Gasteiger partial charge in [0.05, 0.1) is 0 Å². The zero-order valence-corrected chi connectivity index (χ0v) is 7.45. The van der Waals surface area contributed by atoms with E-state index in [1.807, 2.05) is 0 Å². The normalized spacial score (nSPS) is 18.6. The summed E-state index contributed by atoms with van der Waals surface area (Å²) in [6.45, 7) is 1.47. The summed E-state index contributed by atoms with van der Waals surface area (Å²) in [5.41, 5.74) is 0. The van der Waals surface area contributed by atoms with E-state index >= 15 is 0 Å². The molecule has 0 atom stereocenters. The zero-order valence-electron chi connectivity index (χ0n) is 6.63. The van der Waals surface area contributed by atoms with Crippen LogP contribution < -0.4 is 5.32 Å². The highest BCUT2D eigenvalue weighted by molar-refractivity contribution is 5.85. The Kier molecular flexibility index (Phi) is 5.24. The smallest absolute Gasteiger partial charge is 0.223 e. The highest BCUT2D eigenvalue weighted by Crippen LogP contribution is 2.13. The molecule has 1 saturated heterocycles. The molecule has 1 aliphatic rings. The highest BCUT2D eigenvalue weighted by Gasteiger charge is 2.19. The van der Waals surface area contributed by atoms with Gasteiger partial charge in [0, 0.05) is 26.2 Å². The van der Waals surface area contributed by atoms with Crippen molar-refractivity contribution in [1.82, 2.24) is 5.32 Å². The van der Waals surface area contributed by atoms with E-state index in [0.717, 1.165) is 26.1 Å². The summed E-state index contributed by atoms with van der Waals surface area (Å²) in [5, 5.41) is 2.64. The predicted molar refractivity (Wildman–Crippen MR) is 44.9 cm³/mol. The van der Waals surface area contributed by atoms with Gasteiger partial charge in [0.15, 0.2) is 0 Å². The molecule has 11 heavy (non-hydrogen) atoms. The molecule has 3 nitrogen and oxygen atoms in total. The number of amides is 1. The molecule has 0 aliphatic carbocycles. The van der Waals surface area contributed by atoms with Gasteiger partial charge in [-0.1, -0.05) is 0 Å². The van der Waals surface area contributed by atoms with Crippen molar-refractivity contribution in [2.24, 2.45) is 5.92 Å². The molecule has 0 unspecified atom stereocenters. The number of hydrogen-bond acceptors (Lipinski definition) is 2. The largest absolute Gasteiger partial charge is 0.381 e. The second-order valence-electron chi connectivity index (χ2n) is 2.50. The van der Waals surface area contributed by atoms with Crippen molar-refractivity contribution >= 4 is 18.3 Å². The van der Waals surface area contributed by atoms with Gasteiger partial charge >= 0.3 is 0 Å². The Morgan fingerprint density at radius 1 is 1.45 bits per heavy atom. The van der Waals surface area contributed by atoms with Crippen LogP contribution >= 0.6 is 12.4 Å². The first kappa shape index (κ1) is 10.7. The summed E-state index contributed by atoms with van der Waals surface area (Å²) in [6.07, 6.45) is 1.75. The minimum absolute atomic E-state index is 0. The molecule has 1 heterocycles. The Morgan fingerprint density at radius 2 is 2.00 bits per heavy atom. The first-order valence-electron chi connectivity index (χ1n) is 3.64. The van der Waals surface area contributed by atoms with Gasteiger partial charge in [0.2, 0.25) is 5.91 Å². The van der Waals surface area contributed by atoms with Crippen molar-refractivity contribution in [3.05, 3.63) is 0 Å². The molecule has 1 amide bonds. The molecule has 0 saturated carbocycles. The number of hydrogen-bond donors (Lipinski definition) is 1. The van der Waals surface area contributed by atoms with E-state index in [2.05, 4.69) is 5.32 Å². The fourth-order valence-electron chi connectivity index (χ4n) is 1.16. The molecule has 4 heteroatoms. The average molecular weight is 180 g/mol. The average Bonchev–Trinajstić information content (AvgIpc) is 2.05. The molecule has 1 N–H and O–H groups in total. The first-order valence-corrected chi connectivity index (χ1v) is 3.64. The Hall–Kier alpha value is -0.280. The second kappa shape index (κ2) is 5.38. The molecule has 0 aromatic carbocycles. The van der Waals surface area contributed by atoms with Crippen molar-refractivity contribution in [2.75, 3.05) is 20.3 Å². The van der Waals surface area contributed by atoms with Crippen LogP contribution in [-0.4, -0.2) is 26.2 Å². The third kappa shape index (κ3) is 3.08. The minimum Gasteiger partial charge on any atom is -0.381 e. The lowest BCUT2D eigenvalue weighted by molar-refractivity contribution is -0.127. The maximum atomic E-state index is 11.0. The lowest BCUT2D eigenvalue weighted by atomic mass is 10.00. The fraction of sp³-hybridized carbons (Fsp3) is 0.857. The van der Waals surface area contributed by atoms with E-state index in [0.29, 0.717) is 0 Å². The first-order chi connectivity index (χ1) is 4.84. The van der Waals surface area contributed by atoms with Gasteiger partial charge < -0.3 is 10.1 Å². The van der Waals surface area contributed by atoms with E-state index in [-0.39, 0.29) is 24.2 Å². The van der Waals surface area contributed by atoms with Crippen molar-refractivity contribution in [1.29, 1.82) is 0 Å². The van der Waals surface area contributed by atoms with Crippen LogP contribution in [0, 0.1) is 5.92 Å². The summed E-state index contributed by atoms with van der Waals surface area (Å²) in [6, 6.07) is 0. The second-order valence-corrected chi connectivity index (χ2v) is 2.50. The van der Waals surface area contributed by atoms with Gasteiger partial charge in [-0.25, -0.2) is 0 Å². The molecular formula is C7H14ClNO2. The fourth-order valence-corrected chi connectivity index (χ4v) is 1.16. The van der Waals surface area contributed by atoms with Crippen LogP contribution in [0.2, 0.25) is 0 Å². The third-order valence-corrected chi connectivity index (χ3v) is 1.84. The summed E-state index contributed by atoms with van der Waals surface area (Å²) in [5.74, 6) is 0.349. The lowest BCUT2D eigenvalue weighted by Gasteiger charge is -2.19. The van der Waals surface area contributed by atoms with E-state index in [1.54, 1.807) is 7.05 Å². The Morgan fingerprint density at radius 3 is 2.45 bits per heavy atom. The van der Waals surface area contributed by atoms with Gasteiger partial charge in [-0.15, -0.1) is 12.4 Å². The molecule has 1 rings (SSSR count). The Bertz CT molecular complexity index is 124. The summed E-state index contributed by atoms with van der Waals surface area (Å²) >= 11 is 0. The van der Waals surface area contributed by atoms with E-state index in [4.69, 9.17) is 4.74 Å².